The molecule has 0 aliphatic heterocycles. The van der Waals surface area contributed by atoms with Gasteiger partial charge in [0.1, 0.15) is 0 Å². The van der Waals surface area contributed by atoms with Gasteiger partial charge in [-0.25, -0.2) is 0 Å². The Bertz CT molecular complexity index is 970. The van der Waals surface area contributed by atoms with Gasteiger partial charge in [-0.1, -0.05) is 48.5 Å². The van der Waals surface area contributed by atoms with Crippen LogP contribution < -0.4 is 0 Å². The monoisotopic (exact) mass is 464 g/mol. The molecule has 0 aliphatic rings. The zero-order chi connectivity index (χ0) is 23.5. The highest BCUT2D eigenvalue weighted by molar-refractivity contribution is 7.97. The van der Waals surface area contributed by atoms with Crippen molar-refractivity contribution in [2.45, 2.75) is 28.0 Å². The van der Waals surface area contributed by atoms with Crippen molar-refractivity contribution in [3.8, 4) is 0 Å². The first-order valence-electron chi connectivity index (χ1n) is 11.0. The molecule has 5 nitrogen and oxygen atoms in total. The maximum absolute atomic E-state index is 12.0. The van der Waals surface area contributed by atoms with Gasteiger partial charge in [0.2, 0.25) is 0 Å². The third-order valence-corrected chi connectivity index (χ3v) is 7.10. The molecule has 0 saturated heterocycles. The van der Waals surface area contributed by atoms with E-state index in [0.29, 0.717) is 19.6 Å². The lowest BCUT2D eigenvalue weighted by Gasteiger charge is -2.14. The maximum Gasteiger partial charge on any atom is 0.320 e. The van der Waals surface area contributed by atoms with Crippen LogP contribution in [-0.2, 0) is 36.4 Å². The summed E-state index contributed by atoms with van der Waals surface area (Å²) in [6.45, 7) is 2.49. The number of likely N-dealkylation sites (N-methyl/N-ethyl adjacent to an activating group) is 1. The Balaban J connectivity index is 1.56. The molecule has 0 saturated carbocycles. The van der Waals surface area contributed by atoms with Crippen LogP contribution in [0.3, 0.4) is 0 Å². The number of carbonyl (C=O) groups excluding carboxylic acids is 2. The van der Waals surface area contributed by atoms with E-state index in [0.717, 1.165) is 5.56 Å². The van der Waals surface area contributed by atoms with Gasteiger partial charge >= 0.3 is 11.9 Å². The number of hydrogen-bond acceptors (Lipinski definition) is 5. The van der Waals surface area contributed by atoms with Crippen LogP contribution in [0, 0.1) is 0 Å². The fraction of sp³-hybridized carbons (Fsp3) is 0.259. The van der Waals surface area contributed by atoms with Crippen molar-refractivity contribution in [2.24, 2.45) is 0 Å². The molecule has 33 heavy (non-hydrogen) atoms. The van der Waals surface area contributed by atoms with Gasteiger partial charge in [0, 0.05) is 6.42 Å². The zero-order valence-corrected chi connectivity index (χ0v) is 19.9. The number of nitrogens with zero attached hydrogens (tertiary/aromatic N) is 1. The van der Waals surface area contributed by atoms with E-state index >= 15 is 0 Å². The molecule has 3 rings (SSSR count). The second kappa shape index (κ2) is 12.8. The summed E-state index contributed by atoms with van der Waals surface area (Å²) in [5.74, 6) is -0.703. The van der Waals surface area contributed by atoms with Crippen molar-refractivity contribution in [1.82, 2.24) is 4.90 Å². The molecule has 0 radical (unpaired) electrons. The first-order chi connectivity index (χ1) is 16.1. The van der Waals surface area contributed by atoms with Crippen LogP contribution in [0.1, 0.15) is 12.5 Å². The normalized spacial score (nSPS) is 10.9. The smallest absolute Gasteiger partial charge is 0.320 e. The van der Waals surface area contributed by atoms with Crippen molar-refractivity contribution in [3.05, 3.63) is 90.5 Å². The van der Waals surface area contributed by atoms with Gasteiger partial charge in [0.25, 0.3) is 0 Å². The highest BCUT2D eigenvalue weighted by Crippen LogP contribution is 2.31. The van der Waals surface area contributed by atoms with E-state index in [1.165, 1.54) is 14.7 Å². The fourth-order valence-electron chi connectivity index (χ4n) is 3.35. The Morgan fingerprint density at radius 1 is 0.727 bits per heavy atom. The van der Waals surface area contributed by atoms with Gasteiger partial charge in [-0.3, -0.25) is 14.5 Å². The summed E-state index contributed by atoms with van der Waals surface area (Å²) in [5.41, 5.74) is 1.11. The van der Waals surface area contributed by atoms with Crippen molar-refractivity contribution in [3.63, 3.8) is 0 Å². The number of carbonyl (C=O) groups is 2. The third kappa shape index (κ3) is 7.77. The second-order valence-corrected chi connectivity index (χ2v) is 9.55. The van der Waals surface area contributed by atoms with Crippen LogP contribution in [0.15, 0.2) is 99.6 Å². The van der Waals surface area contributed by atoms with Gasteiger partial charge < -0.3 is 9.47 Å². The molecule has 0 amide bonds. The predicted molar refractivity (Wildman–Crippen MR) is 130 cm³/mol. The first-order valence-corrected chi connectivity index (χ1v) is 12.2. The van der Waals surface area contributed by atoms with Crippen molar-refractivity contribution in [2.75, 3.05) is 33.4 Å². The molecule has 0 N–H and O–H groups in total. The van der Waals surface area contributed by atoms with E-state index in [1.54, 1.807) is 18.9 Å². The lowest BCUT2D eigenvalue weighted by atomic mass is 10.2. The van der Waals surface area contributed by atoms with E-state index in [-0.39, 0.29) is 35.9 Å². The molecule has 6 heteroatoms. The lowest BCUT2D eigenvalue weighted by molar-refractivity contribution is -0.147. The average molecular weight is 465 g/mol. The van der Waals surface area contributed by atoms with Crippen molar-refractivity contribution < 1.29 is 19.1 Å². The summed E-state index contributed by atoms with van der Waals surface area (Å²) < 4.78 is 10.2. The van der Waals surface area contributed by atoms with E-state index in [4.69, 9.17) is 9.47 Å². The lowest BCUT2D eigenvalue weighted by Crippen LogP contribution is -2.33. The quantitative estimate of drug-likeness (QED) is 0.312. The zero-order valence-electron chi connectivity index (χ0n) is 19.1. The molecule has 0 aromatic heterocycles. The van der Waals surface area contributed by atoms with E-state index in [9.17, 15) is 9.59 Å². The van der Waals surface area contributed by atoms with Gasteiger partial charge in [-0.2, -0.15) is 0 Å². The number of ether oxygens (including phenoxy) is 2. The van der Waals surface area contributed by atoms with Gasteiger partial charge in [-0.15, -0.1) is 0 Å². The standard InChI is InChI=1S/C27H30NO4S/c1-3-31-26(29)20-28(2)21-27(30)32-19-18-22-14-16-25(17-15-22)33(23-10-6-4-7-11-23)24-12-8-5-9-13-24/h4-17H,3,18-21H2,1-2H3/q+1. The highest BCUT2D eigenvalue weighted by Gasteiger charge is 2.28. The van der Waals surface area contributed by atoms with E-state index in [2.05, 4.69) is 72.8 Å². The minimum absolute atomic E-state index is 0.0503. The maximum atomic E-state index is 12.0. The molecule has 0 fully saturated rings. The third-order valence-electron chi connectivity index (χ3n) is 4.87. The molecule has 172 valence electrons. The molecule has 0 atom stereocenters. The van der Waals surface area contributed by atoms with Crippen LogP contribution in [0.2, 0.25) is 0 Å². The Labute approximate surface area is 198 Å². The minimum atomic E-state index is -0.354. The van der Waals surface area contributed by atoms with Crippen LogP contribution in [0.5, 0.6) is 0 Å². The summed E-state index contributed by atoms with van der Waals surface area (Å²) in [6.07, 6.45) is 0.637. The SMILES string of the molecule is CCOC(=O)CN(C)CC(=O)OCCc1ccc([S+](c2ccccc2)c2ccccc2)cc1. The van der Waals surface area contributed by atoms with Crippen molar-refractivity contribution >= 4 is 22.8 Å². The average Bonchev–Trinajstić information content (AvgIpc) is 2.82. The van der Waals surface area contributed by atoms with Gasteiger partial charge in [-0.05, 0) is 55.9 Å². The van der Waals surface area contributed by atoms with E-state index in [1.807, 2.05) is 12.1 Å². The molecule has 3 aromatic carbocycles. The summed E-state index contributed by atoms with van der Waals surface area (Å²) in [6, 6.07) is 29.6. The molecule has 0 aliphatic carbocycles. The van der Waals surface area contributed by atoms with E-state index < -0.39 is 0 Å². The molecule has 0 bridgehead atoms. The van der Waals surface area contributed by atoms with Crippen LogP contribution in [-0.4, -0.2) is 50.2 Å². The topological polar surface area (TPSA) is 55.8 Å². The number of hydrogen-bond donors (Lipinski definition) is 0. The molecule has 0 spiro atoms. The summed E-state index contributed by atoms with van der Waals surface area (Å²) in [4.78, 5) is 28.9. The predicted octanol–water partition coefficient (Wildman–Crippen LogP) is 4.36. The summed E-state index contributed by atoms with van der Waals surface area (Å²) in [5, 5.41) is 0. The summed E-state index contributed by atoms with van der Waals surface area (Å²) >= 11 is 0. The van der Waals surface area contributed by atoms with Crippen LogP contribution in [0.25, 0.3) is 0 Å². The highest BCUT2D eigenvalue weighted by atomic mass is 32.2. The molecule has 0 heterocycles. The molecule has 3 aromatic rings. The first kappa shape index (κ1) is 24.6. The van der Waals surface area contributed by atoms with Crippen LogP contribution >= 0.6 is 0 Å². The second-order valence-electron chi connectivity index (χ2n) is 7.52. The van der Waals surface area contributed by atoms with Gasteiger partial charge in [0.15, 0.2) is 14.7 Å². The Kier molecular flexibility index (Phi) is 9.54. The molecular weight excluding hydrogens is 434 g/mol. The largest absolute Gasteiger partial charge is 0.465 e. The molecular formula is C27H30NO4S+. The number of esters is 2. The number of benzene rings is 3. The van der Waals surface area contributed by atoms with Gasteiger partial charge in [0.05, 0.1) is 37.2 Å². The number of rotatable bonds is 11. The molecule has 0 unspecified atom stereocenters. The Hall–Kier alpha value is -3.09. The van der Waals surface area contributed by atoms with Crippen molar-refractivity contribution in [1.29, 1.82) is 0 Å². The fourth-order valence-corrected chi connectivity index (χ4v) is 5.43. The summed E-state index contributed by atoms with van der Waals surface area (Å²) in [7, 11) is 1.51. The Morgan fingerprint density at radius 3 is 1.73 bits per heavy atom. The Morgan fingerprint density at radius 2 is 1.21 bits per heavy atom. The van der Waals surface area contributed by atoms with Crippen LogP contribution in [0.4, 0.5) is 0 Å². The minimum Gasteiger partial charge on any atom is -0.465 e.